The number of halogens is 3. The SMILES string of the molecule is NNC(=O)CS(=O)Cc1cccc(C(F)(F)F)c1. The van der Waals surface area contributed by atoms with Crippen molar-refractivity contribution in [2.24, 2.45) is 5.84 Å². The van der Waals surface area contributed by atoms with Crippen molar-refractivity contribution in [1.82, 2.24) is 5.43 Å². The molecule has 1 atom stereocenters. The molecule has 0 aliphatic carbocycles. The second-order valence-corrected chi connectivity index (χ2v) is 4.95. The Hall–Kier alpha value is -1.41. The van der Waals surface area contributed by atoms with Crippen molar-refractivity contribution in [3.63, 3.8) is 0 Å². The molecule has 1 amide bonds. The molecule has 0 saturated carbocycles. The van der Waals surface area contributed by atoms with E-state index in [2.05, 4.69) is 0 Å². The Balaban J connectivity index is 2.74. The Morgan fingerprint density at radius 2 is 2.06 bits per heavy atom. The largest absolute Gasteiger partial charge is 0.416 e. The highest BCUT2D eigenvalue weighted by Gasteiger charge is 2.30. The summed E-state index contributed by atoms with van der Waals surface area (Å²) < 4.78 is 48.7. The number of rotatable bonds is 4. The first-order valence-electron chi connectivity index (χ1n) is 4.83. The maximum absolute atomic E-state index is 12.4. The molecule has 0 spiro atoms. The summed E-state index contributed by atoms with van der Waals surface area (Å²) in [7, 11) is -1.60. The Bertz CT molecular complexity index is 463. The Morgan fingerprint density at radius 3 is 2.61 bits per heavy atom. The van der Waals surface area contributed by atoms with E-state index in [-0.39, 0.29) is 17.1 Å². The van der Waals surface area contributed by atoms with Gasteiger partial charge in [-0.25, -0.2) is 5.84 Å². The highest BCUT2D eigenvalue weighted by atomic mass is 32.2. The van der Waals surface area contributed by atoms with Crippen molar-refractivity contribution < 1.29 is 22.2 Å². The van der Waals surface area contributed by atoms with E-state index in [1.165, 1.54) is 12.1 Å². The Kier molecular flexibility index (Phi) is 4.85. The molecular formula is C10H11F3N2O2S. The van der Waals surface area contributed by atoms with Gasteiger partial charge in [0, 0.05) is 16.6 Å². The van der Waals surface area contributed by atoms with Crippen LogP contribution in [0.3, 0.4) is 0 Å². The third-order valence-corrected chi connectivity index (χ3v) is 3.27. The van der Waals surface area contributed by atoms with E-state index >= 15 is 0 Å². The van der Waals surface area contributed by atoms with Gasteiger partial charge in [-0.15, -0.1) is 0 Å². The summed E-state index contributed by atoms with van der Waals surface area (Å²) in [6.07, 6.45) is -4.44. The maximum Gasteiger partial charge on any atom is 0.416 e. The molecule has 8 heteroatoms. The van der Waals surface area contributed by atoms with E-state index in [0.717, 1.165) is 12.1 Å². The van der Waals surface area contributed by atoms with E-state index in [1.54, 1.807) is 5.43 Å². The normalized spacial score (nSPS) is 13.1. The van der Waals surface area contributed by atoms with Gasteiger partial charge in [-0.1, -0.05) is 18.2 Å². The van der Waals surface area contributed by atoms with Crippen LogP contribution in [-0.4, -0.2) is 15.9 Å². The molecule has 0 fully saturated rings. The fraction of sp³-hybridized carbons (Fsp3) is 0.300. The van der Waals surface area contributed by atoms with Gasteiger partial charge in [-0.05, 0) is 11.6 Å². The van der Waals surface area contributed by atoms with Crippen molar-refractivity contribution in [2.45, 2.75) is 11.9 Å². The molecule has 0 aliphatic heterocycles. The molecule has 1 aromatic rings. The van der Waals surface area contributed by atoms with E-state index in [0.29, 0.717) is 0 Å². The zero-order valence-corrected chi connectivity index (χ0v) is 9.98. The Labute approximate surface area is 104 Å². The molecule has 1 rings (SSSR count). The van der Waals surface area contributed by atoms with Crippen LogP contribution in [-0.2, 0) is 27.5 Å². The van der Waals surface area contributed by atoms with Gasteiger partial charge in [0.1, 0.15) is 5.75 Å². The number of benzene rings is 1. The van der Waals surface area contributed by atoms with Gasteiger partial charge in [0.05, 0.1) is 5.56 Å². The number of nitrogens with one attached hydrogen (secondary N) is 1. The number of nitrogens with two attached hydrogens (primary N) is 1. The first kappa shape index (κ1) is 14.7. The number of alkyl halides is 3. The van der Waals surface area contributed by atoms with Crippen molar-refractivity contribution in [3.05, 3.63) is 35.4 Å². The predicted octanol–water partition coefficient (Wildman–Crippen LogP) is 0.944. The number of carbonyl (C=O) groups is 1. The van der Waals surface area contributed by atoms with Gasteiger partial charge in [0.25, 0.3) is 0 Å². The third kappa shape index (κ3) is 4.46. The van der Waals surface area contributed by atoms with Crippen LogP contribution in [0.25, 0.3) is 0 Å². The molecule has 0 aromatic heterocycles. The fourth-order valence-corrected chi connectivity index (χ4v) is 2.29. The summed E-state index contributed by atoms with van der Waals surface area (Å²) >= 11 is 0. The highest BCUT2D eigenvalue weighted by Crippen LogP contribution is 2.29. The first-order valence-corrected chi connectivity index (χ1v) is 6.32. The molecule has 0 radical (unpaired) electrons. The summed E-state index contributed by atoms with van der Waals surface area (Å²) in [5.41, 5.74) is 1.26. The Morgan fingerprint density at radius 1 is 1.39 bits per heavy atom. The van der Waals surface area contributed by atoms with Crippen LogP contribution < -0.4 is 11.3 Å². The van der Waals surface area contributed by atoms with E-state index < -0.39 is 28.4 Å². The topological polar surface area (TPSA) is 72.2 Å². The summed E-state index contributed by atoms with van der Waals surface area (Å²) in [4.78, 5) is 10.8. The average Bonchev–Trinajstić information content (AvgIpc) is 2.27. The lowest BCUT2D eigenvalue weighted by Gasteiger charge is -2.08. The quantitative estimate of drug-likeness (QED) is 0.490. The molecular weight excluding hydrogens is 269 g/mol. The van der Waals surface area contributed by atoms with Gasteiger partial charge >= 0.3 is 6.18 Å². The number of amides is 1. The van der Waals surface area contributed by atoms with Crippen LogP contribution in [0.5, 0.6) is 0 Å². The minimum absolute atomic E-state index is 0.128. The zero-order chi connectivity index (χ0) is 13.8. The zero-order valence-electron chi connectivity index (χ0n) is 9.16. The van der Waals surface area contributed by atoms with Crippen molar-refractivity contribution in [1.29, 1.82) is 0 Å². The van der Waals surface area contributed by atoms with Crippen LogP contribution >= 0.6 is 0 Å². The van der Waals surface area contributed by atoms with Gasteiger partial charge in [-0.3, -0.25) is 14.4 Å². The molecule has 18 heavy (non-hydrogen) atoms. The minimum Gasteiger partial charge on any atom is -0.293 e. The lowest BCUT2D eigenvalue weighted by Crippen LogP contribution is -2.34. The number of hydrogen-bond donors (Lipinski definition) is 2. The van der Waals surface area contributed by atoms with Crippen LogP contribution in [0, 0.1) is 0 Å². The minimum atomic E-state index is -4.44. The molecule has 1 aromatic carbocycles. The van der Waals surface area contributed by atoms with Gasteiger partial charge in [-0.2, -0.15) is 13.2 Å². The van der Waals surface area contributed by atoms with Crippen LogP contribution in [0.15, 0.2) is 24.3 Å². The molecule has 0 heterocycles. The molecule has 3 N–H and O–H groups in total. The van der Waals surface area contributed by atoms with E-state index in [9.17, 15) is 22.2 Å². The number of hydrogen-bond acceptors (Lipinski definition) is 3. The van der Waals surface area contributed by atoms with Crippen LogP contribution in [0.1, 0.15) is 11.1 Å². The second kappa shape index (κ2) is 5.96. The van der Waals surface area contributed by atoms with Crippen LogP contribution in [0.2, 0.25) is 0 Å². The fourth-order valence-electron chi connectivity index (χ4n) is 1.26. The monoisotopic (exact) mass is 280 g/mol. The molecule has 0 aliphatic rings. The summed E-state index contributed by atoms with van der Waals surface area (Å²) in [5.74, 6) is 3.72. The molecule has 100 valence electrons. The van der Waals surface area contributed by atoms with Gasteiger partial charge in [0.15, 0.2) is 0 Å². The smallest absolute Gasteiger partial charge is 0.293 e. The lowest BCUT2D eigenvalue weighted by molar-refractivity contribution is -0.137. The summed E-state index contributed by atoms with van der Waals surface area (Å²) in [6.45, 7) is 0. The first-order chi connectivity index (χ1) is 8.32. The highest BCUT2D eigenvalue weighted by molar-refractivity contribution is 7.84. The maximum atomic E-state index is 12.4. The third-order valence-electron chi connectivity index (χ3n) is 2.04. The second-order valence-electron chi connectivity index (χ2n) is 3.49. The number of hydrazine groups is 1. The summed E-state index contributed by atoms with van der Waals surface area (Å²) in [5, 5.41) is 0. The van der Waals surface area contributed by atoms with Crippen molar-refractivity contribution >= 4 is 16.7 Å². The number of carbonyl (C=O) groups excluding carboxylic acids is 1. The lowest BCUT2D eigenvalue weighted by atomic mass is 10.1. The van der Waals surface area contributed by atoms with E-state index in [1.807, 2.05) is 0 Å². The molecule has 1 unspecified atom stereocenters. The van der Waals surface area contributed by atoms with Crippen molar-refractivity contribution in [3.8, 4) is 0 Å². The predicted molar refractivity (Wildman–Crippen MR) is 60.5 cm³/mol. The molecule has 0 bridgehead atoms. The average molecular weight is 280 g/mol. The van der Waals surface area contributed by atoms with E-state index in [4.69, 9.17) is 5.84 Å². The van der Waals surface area contributed by atoms with Crippen molar-refractivity contribution in [2.75, 3.05) is 5.75 Å². The summed E-state index contributed by atoms with van der Waals surface area (Å²) in [6, 6.07) is 4.50. The molecule has 0 saturated heterocycles. The standard InChI is InChI=1S/C10H11F3N2O2S/c11-10(12,13)8-3-1-2-7(4-8)5-18(17)6-9(16)15-14/h1-4H,5-6,14H2,(H,15,16). The van der Waals surface area contributed by atoms with Crippen LogP contribution in [0.4, 0.5) is 13.2 Å². The van der Waals surface area contributed by atoms with Gasteiger partial charge < -0.3 is 0 Å². The van der Waals surface area contributed by atoms with Gasteiger partial charge in [0.2, 0.25) is 5.91 Å². The molecule has 4 nitrogen and oxygen atoms in total.